The van der Waals surface area contributed by atoms with Gasteiger partial charge in [-0.25, -0.2) is 9.78 Å². The lowest BCUT2D eigenvalue weighted by Gasteiger charge is -2.29. The second kappa shape index (κ2) is 16.3. The van der Waals surface area contributed by atoms with Crippen molar-refractivity contribution >= 4 is 48.1 Å². The van der Waals surface area contributed by atoms with Gasteiger partial charge >= 0.3 is 5.97 Å². The van der Waals surface area contributed by atoms with Crippen LogP contribution in [-0.2, 0) is 41.6 Å². The number of carbonyl (C=O) groups excluding carboxylic acids is 5. The Kier molecular flexibility index (Phi) is 12.5. The highest BCUT2D eigenvalue weighted by Gasteiger charge is 2.39. The zero-order valence-electron chi connectivity index (χ0n) is 23.3. The van der Waals surface area contributed by atoms with Crippen LogP contribution in [0.3, 0.4) is 0 Å². The molecule has 232 valence electrons. The smallest absolute Gasteiger partial charge is 0.326 e. The van der Waals surface area contributed by atoms with Crippen molar-refractivity contribution in [3.63, 3.8) is 0 Å². The van der Waals surface area contributed by atoms with E-state index in [9.17, 15) is 33.9 Å². The molecule has 5 amide bonds. The molecule has 0 unspecified atom stereocenters. The Bertz CT molecular complexity index is 1280. The summed E-state index contributed by atoms with van der Waals surface area (Å²) in [5.41, 5.74) is 6.80. The second-order valence-electron chi connectivity index (χ2n) is 9.96. The topological polar surface area (TPSA) is 229 Å². The summed E-state index contributed by atoms with van der Waals surface area (Å²) in [4.78, 5) is 83.4. The van der Waals surface area contributed by atoms with Gasteiger partial charge in [-0.15, -0.1) is 0 Å². The molecule has 1 aromatic carbocycles. The van der Waals surface area contributed by atoms with Crippen LogP contribution in [0.5, 0.6) is 0 Å². The lowest BCUT2D eigenvalue weighted by molar-refractivity contribution is -0.144. The summed E-state index contributed by atoms with van der Waals surface area (Å²) in [6.45, 7) is -0.659. The maximum Gasteiger partial charge on any atom is 0.326 e. The Morgan fingerprint density at radius 2 is 1.74 bits per heavy atom. The average Bonchev–Trinajstić information content (AvgIpc) is 3.70. The van der Waals surface area contributed by atoms with Crippen LogP contribution in [0.1, 0.15) is 24.1 Å². The number of H-pyrrole nitrogens is 1. The Morgan fingerprint density at radius 1 is 1.02 bits per heavy atom. The van der Waals surface area contributed by atoms with E-state index >= 15 is 0 Å². The molecule has 2 aromatic rings. The number of rotatable bonds is 15. The van der Waals surface area contributed by atoms with Gasteiger partial charge in [0, 0.05) is 37.0 Å². The summed E-state index contributed by atoms with van der Waals surface area (Å²) in [6, 6.07) is 4.72. The highest BCUT2D eigenvalue weighted by Crippen LogP contribution is 2.20. The molecule has 1 saturated heterocycles. The molecular formula is C27H36N8O7S. The number of hydrogen-bond donors (Lipinski definition) is 8. The number of hydrogen-bond acceptors (Lipinski definition) is 9. The molecule has 16 heteroatoms. The monoisotopic (exact) mass is 616 g/mol. The van der Waals surface area contributed by atoms with E-state index < -0.39 is 72.8 Å². The van der Waals surface area contributed by atoms with E-state index in [1.807, 2.05) is 0 Å². The van der Waals surface area contributed by atoms with Crippen molar-refractivity contribution in [2.45, 2.75) is 49.9 Å². The fourth-order valence-corrected chi connectivity index (χ4v) is 4.67. The number of nitrogens with two attached hydrogens (primary N) is 1. The Hall–Kier alpha value is -4.44. The first-order chi connectivity index (χ1) is 20.6. The van der Waals surface area contributed by atoms with E-state index in [1.165, 1.54) is 17.4 Å². The predicted molar refractivity (Wildman–Crippen MR) is 157 cm³/mol. The normalized spacial score (nSPS) is 16.4. The van der Waals surface area contributed by atoms with Crippen molar-refractivity contribution in [2.75, 3.05) is 25.4 Å². The molecule has 1 aromatic heterocycles. The highest BCUT2D eigenvalue weighted by atomic mass is 32.1. The van der Waals surface area contributed by atoms with Gasteiger partial charge in [-0.05, 0) is 18.4 Å². The average molecular weight is 617 g/mol. The molecule has 0 saturated carbocycles. The molecule has 0 radical (unpaired) electrons. The van der Waals surface area contributed by atoms with Crippen molar-refractivity contribution in [1.29, 1.82) is 0 Å². The van der Waals surface area contributed by atoms with E-state index in [-0.39, 0.29) is 25.1 Å². The first kappa shape index (κ1) is 33.1. The second-order valence-corrected chi connectivity index (χ2v) is 10.3. The number of nitrogens with one attached hydrogen (secondary N) is 5. The molecule has 1 aliphatic rings. The van der Waals surface area contributed by atoms with Gasteiger partial charge in [-0.1, -0.05) is 30.3 Å². The van der Waals surface area contributed by atoms with E-state index in [1.54, 1.807) is 30.3 Å². The van der Waals surface area contributed by atoms with Crippen LogP contribution in [0.2, 0.25) is 0 Å². The van der Waals surface area contributed by atoms with E-state index in [0.29, 0.717) is 18.5 Å². The minimum Gasteiger partial charge on any atom is -0.480 e. The molecule has 2 heterocycles. The third kappa shape index (κ3) is 10.1. The number of aromatic amines is 1. The highest BCUT2D eigenvalue weighted by molar-refractivity contribution is 7.80. The zero-order chi connectivity index (χ0) is 31.4. The van der Waals surface area contributed by atoms with Crippen molar-refractivity contribution in [1.82, 2.24) is 36.1 Å². The lowest BCUT2D eigenvalue weighted by atomic mass is 10.0. The molecule has 1 fully saturated rings. The van der Waals surface area contributed by atoms with Gasteiger partial charge in [-0.2, -0.15) is 12.6 Å². The van der Waals surface area contributed by atoms with E-state index in [2.05, 4.69) is 43.9 Å². The lowest BCUT2D eigenvalue weighted by Crippen LogP contribution is -2.57. The Morgan fingerprint density at radius 3 is 2.40 bits per heavy atom. The fraction of sp³-hybridized carbons (Fsp3) is 0.444. The number of thiol groups is 1. The van der Waals surface area contributed by atoms with Crippen LogP contribution in [-0.4, -0.2) is 105 Å². The van der Waals surface area contributed by atoms with Crippen LogP contribution in [0, 0.1) is 0 Å². The predicted octanol–water partition coefficient (Wildman–Crippen LogP) is -2.27. The van der Waals surface area contributed by atoms with Crippen LogP contribution in [0.25, 0.3) is 0 Å². The SMILES string of the molecule is N[C@@H](CS)C(=O)NCC(=O)NCC(=O)N[C@@H](Cc1cnc[nH]1)C(=O)N1CCC[C@H]1C(=O)N[C@@H](Cc1ccccc1)C(=O)O. The zero-order valence-corrected chi connectivity index (χ0v) is 24.2. The van der Waals surface area contributed by atoms with E-state index in [0.717, 1.165) is 5.56 Å². The van der Waals surface area contributed by atoms with Gasteiger partial charge in [0.1, 0.15) is 18.1 Å². The molecule has 1 aliphatic heterocycles. The molecule has 43 heavy (non-hydrogen) atoms. The number of imidazole rings is 1. The molecule has 0 spiro atoms. The van der Waals surface area contributed by atoms with Gasteiger partial charge < -0.3 is 42.0 Å². The van der Waals surface area contributed by atoms with Crippen LogP contribution >= 0.6 is 12.6 Å². The molecule has 0 bridgehead atoms. The number of carbonyl (C=O) groups is 6. The van der Waals surface area contributed by atoms with Crippen LogP contribution in [0.4, 0.5) is 0 Å². The van der Waals surface area contributed by atoms with Gasteiger partial charge in [0.05, 0.1) is 25.5 Å². The molecule has 3 rings (SSSR count). The number of nitrogens with zero attached hydrogens (tertiary/aromatic N) is 2. The summed E-state index contributed by atoms with van der Waals surface area (Å²) >= 11 is 3.91. The quantitative estimate of drug-likeness (QED) is 0.101. The Labute approximate surface area is 253 Å². The number of benzene rings is 1. The number of aromatic nitrogens is 2. The third-order valence-corrected chi connectivity index (χ3v) is 7.14. The minimum absolute atomic E-state index is 0.0206. The van der Waals surface area contributed by atoms with Gasteiger partial charge in [0.15, 0.2) is 0 Å². The summed E-state index contributed by atoms with van der Waals surface area (Å²) in [5.74, 6) is -4.16. The molecule has 4 atom stereocenters. The maximum atomic E-state index is 13.7. The first-order valence-electron chi connectivity index (χ1n) is 13.6. The van der Waals surface area contributed by atoms with Gasteiger partial charge in [0.2, 0.25) is 29.5 Å². The summed E-state index contributed by atoms with van der Waals surface area (Å²) in [7, 11) is 0. The van der Waals surface area contributed by atoms with Crippen LogP contribution in [0.15, 0.2) is 42.9 Å². The number of aliphatic carboxylic acids is 1. The molecule has 0 aliphatic carbocycles. The number of amides is 5. The third-order valence-electron chi connectivity index (χ3n) is 6.75. The Balaban J connectivity index is 1.63. The van der Waals surface area contributed by atoms with E-state index in [4.69, 9.17) is 5.73 Å². The summed E-state index contributed by atoms with van der Waals surface area (Å²) in [6.07, 6.45) is 3.81. The van der Waals surface area contributed by atoms with Crippen molar-refractivity contribution in [3.05, 3.63) is 54.1 Å². The maximum absolute atomic E-state index is 13.7. The van der Waals surface area contributed by atoms with Crippen LogP contribution < -0.4 is 27.0 Å². The first-order valence-corrected chi connectivity index (χ1v) is 14.3. The molecule has 15 nitrogen and oxygen atoms in total. The molecule has 8 N–H and O–H groups in total. The largest absolute Gasteiger partial charge is 0.480 e. The molecular weight excluding hydrogens is 580 g/mol. The standard InChI is InChI=1S/C27H36N8O7S/c28-18(14-43)24(38)31-12-22(36)30-13-23(37)33-19(10-17-11-29-15-32-17)26(40)35-8-4-7-21(35)25(39)34-20(27(41)42)9-16-5-2-1-3-6-16/h1-3,5-6,11,15,18-21,43H,4,7-10,12-14,28H2,(H,29,32)(H,30,36)(H,31,38)(H,33,37)(H,34,39)(H,41,42)/t18-,19-,20-,21-/m0/s1. The van der Waals surface area contributed by atoms with Crippen molar-refractivity contribution in [2.24, 2.45) is 5.73 Å². The summed E-state index contributed by atoms with van der Waals surface area (Å²) < 4.78 is 0. The number of likely N-dealkylation sites (tertiary alicyclic amines) is 1. The van der Waals surface area contributed by atoms with Gasteiger partial charge in [-0.3, -0.25) is 24.0 Å². The van der Waals surface area contributed by atoms with Crippen molar-refractivity contribution in [3.8, 4) is 0 Å². The number of carboxylic acid groups (broad SMARTS) is 1. The van der Waals surface area contributed by atoms with Crippen molar-refractivity contribution < 1.29 is 33.9 Å². The number of carboxylic acids is 1. The minimum atomic E-state index is -1.20. The van der Waals surface area contributed by atoms with Gasteiger partial charge in [0.25, 0.3) is 0 Å². The summed E-state index contributed by atoms with van der Waals surface area (Å²) in [5, 5.41) is 19.5. The fourth-order valence-electron chi connectivity index (χ4n) is 4.51.